The van der Waals surface area contributed by atoms with Gasteiger partial charge in [-0.3, -0.25) is 4.98 Å². The number of rotatable bonds is 4. The highest BCUT2D eigenvalue weighted by Crippen LogP contribution is 2.35. The molecule has 2 N–H and O–H groups in total. The molecular formula is C22H20N4O. The van der Waals surface area contributed by atoms with Gasteiger partial charge < -0.3 is 10.4 Å². The van der Waals surface area contributed by atoms with E-state index in [4.69, 9.17) is 0 Å². The maximum atomic E-state index is 11.0. The lowest BCUT2D eigenvalue weighted by atomic mass is 9.99. The topological polar surface area (TPSA) is 70.9 Å². The summed E-state index contributed by atoms with van der Waals surface area (Å²) in [5.74, 6) is 0.874. The largest absolute Gasteiger partial charge is 0.505 e. The van der Waals surface area contributed by atoms with Crippen LogP contribution in [0.15, 0.2) is 67.0 Å². The first-order valence-electron chi connectivity index (χ1n) is 8.81. The third kappa shape index (κ3) is 3.44. The molecule has 0 bridgehead atoms. The van der Waals surface area contributed by atoms with Crippen molar-refractivity contribution in [3.05, 3.63) is 89.5 Å². The first-order valence-corrected chi connectivity index (χ1v) is 8.81. The van der Waals surface area contributed by atoms with Crippen LogP contribution in [-0.4, -0.2) is 20.1 Å². The molecule has 0 amide bonds. The van der Waals surface area contributed by atoms with Gasteiger partial charge in [-0.05, 0) is 43.7 Å². The average Bonchev–Trinajstić information content (AvgIpc) is 2.69. The van der Waals surface area contributed by atoms with Crippen LogP contribution in [0.2, 0.25) is 0 Å². The molecule has 5 nitrogen and oxygen atoms in total. The monoisotopic (exact) mass is 356 g/mol. The van der Waals surface area contributed by atoms with Crippen LogP contribution in [0.1, 0.15) is 28.6 Å². The maximum absolute atomic E-state index is 11.0. The van der Waals surface area contributed by atoms with Crippen LogP contribution in [0.3, 0.4) is 0 Å². The van der Waals surface area contributed by atoms with E-state index in [9.17, 15) is 5.11 Å². The Kier molecular flexibility index (Phi) is 4.42. The van der Waals surface area contributed by atoms with Crippen LogP contribution in [-0.2, 0) is 0 Å². The Morgan fingerprint density at radius 3 is 2.52 bits per heavy atom. The number of aromatic nitrogens is 3. The van der Waals surface area contributed by atoms with Crippen molar-refractivity contribution >= 4 is 16.7 Å². The molecule has 0 saturated carbocycles. The Hall–Kier alpha value is -3.47. The number of nitrogens with one attached hydrogen (secondary N) is 1. The maximum Gasteiger partial charge on any atom is 0.147 e. The number of hydrogen-bond donors (Lipinski definition) is 2. The molecule has 4 aromatic rings. The van der Waals surface area contributed by atoms with Gasteiger partial charge in [-0.2, -0.15) is 0 Å². The summed E-state index contributed by atoms with van der Waals surface area (Å²) in [6.07, 6.45) is 3.55. The molecule has 4 rings (SSSR count). The van der Waals surface area contributed by atoms with E-state index in [0.717, 1.165) is 22.3 Å². The number of aromatic hydroxyl groups is 1. The zero-order valence-electron chi connectivity index (χ0n) is 15.2. The lowest BCUT2D eigenvalue weighted by Crippen LogP contribution is -2.15. The van der Waals surface area contributed by atoms with Crippen molar-refractivity contribution in [2.24, 2.45) is 0 Å². The molecule has 134 valence electrons. The van der Waals surface area contributed by atoms with Crippen LogP contribution < -0.4 is 5.32 Å². The van der Waals surface area contributed by atoms with Gasteiger partial charge in [0.15, 0.2) is 0 Å². The van der Waals surface area contributed by atoms with Gasteiger partial charge in [-0.15, -0.1) is 0 Å². The first kappa shape index (κ1) is 17.0. The van der Waals surface area contributed by atoms with Crippen molar-refractivity contribution in [3.8, 4) is 5.75 Å². The molecule has 3 aromatic heterocycles. The highest BCUT2D eigenvalue weighted by molar-refractivity contribution is 5.86. The minimum Gasteiger partial charge on any atom is -0.505 e. The predicted octanol–water partition coefficient (Wildman–Crippen LogP) is 4.55. The van der Waals surface area contributed by atoms with Crippen LogP contribution in [0.5, 0.6) is 5.75 Å². The molecular weight excluding hydrogens is 336 g/mol. The molecule has 0 radical (unpaired) electrons. The van der Waals surface area contributed by atoms with Crippen molar-refractivity contribution < 1.29 is 5.11 Å². The summed E-state index contributed by atoms with van der Waals surface area (Å²) in [4.78, 5) is 13.4. The highest BCUT2D eigenvalue weighted by atomic mass is 16.3. The Morgan fingerprint density at radius 2 is 1.78 bits per heavy atom. The second kappa shape index (κ2) is 7.03. The fraction of sp³-hybridized carbons (Fsp3) is 0.136. The second-order valence-corrected chi connectivity index (χ2v) is 6.58. The van der Waals surface area contributed by atoms with Gasteiger partial charge >= 0.3 is 0 Å². The summed E-state index contributed by atoms with van der Waals surface area (Å²) < 4.78 is 0. The normalized spacial score (nSPS) is 12.1. The zero-order valence-corrected chi connectivity index (χ0v) is 15.2. The van der Waals surface area contributed by atoms with E-state index in [1.807, 2.05) is 74.6 Å². The molecule has 1 atom stereocenters. The molecule has 0 fully saturated rings. The van der Waals surface area contributed by atoms with Crippen LogP contribution in [0, 0.1) is 13.8 Å². The van der Waals surface area contributed by atoms with Gasteiger partial charge in [-0.1, -0.05) is 30.3 Å². The minimum absolute atomic E-state index is 0.159. The summed E-state index contributed by atoms with van der Waals surface area (Å²) in [5, 5.41) is 15.3. The number of nitrogens with zero attached hydrogens (tertiary/aromatic N) is 3. The molecule has 27 heavy (non-hydrogen) atoms. The zero-order chi connectivity index (χ0) is 18.8. The number of fused-ring (bicyclic) bond motifs is 1. The quantitative estimate of drug-likeness (QED) is 0.561. The van der Waals surface area contributed by atoms with E-state index in [1.54, 1.807) is 6.20 Å². The molecule has 5 heteroatoms. The molecule has 1 unspecified atom stereocenters. The molecule has 1 aromatic carbocycles. The van der Waals surface area contributed by atoms with Gasteiger partial charge in [0.2, 0.25) is 0 Å². The van der Waals surface area contributed by atoms with Crippen LogP contribution in [0.4, 0.5) is 5.82 Å². The molecule has 3 heterocycles. The van der Waals surface area contributed by atoms with Crippen LogP contribution >= 0.6 is 0 Å². The SMILES string of the molecule is Cc1ccc(NC(c2ccccn2)c2ccc3ccc(C)nc3c2O)nc1. The standard InChI is InChI=1S/C22H20N4O/c1-14-6-11-19(24-13-14)26-21(18-5-3-4-12-23-18)17-10-9-16-8-7-15(2)25-20(16)22(17)27/h3-13,21,27H,1-2H3,(H,24,26). The molecule has 0 spiro atoms. The first-order chi connectivity index (χ1) is 13.1. The van der Waals surface area contributed by atoms with Gasteiger partial charge in [0, 0.05) is 29.0 Å². The third-order valence-corrected chi connectivity index (χ3v) is 4.50. The van der Waals surface area contributed by atoms with Crippen molar-refractivity contribution in [1.29, 1.82) is 0 Å². The molecule has 0 aliphatic rings. The van der Waals surface area contributed by atoms with Crippen LogP contribution in [0.25, 0.3) is 10.9 Å². The van der Waals surface area contributed by atoms with Crippen molar-refractivity contribution in [3.63, 3.8) is 0 Å². The Morgan fingerprint density at radius 1 is 0.926 bits per heavy atom. The van der Waals surface area contributed by atoms with Gasteiger partial charge in [-0.25, -0.2) is 9.97 Å². The van der Waals surface area contributed by atoms with Gasteiger partial charge in [0.25, 0.3) is 0 Å². The fourth-order valence-corrected chi connectivity index (χ4v) is 3.08. The number of hydrogen-bond acceptors (Lipinski definition) is 5. The van der Waals surface area contributed by atoms with E-state index in [2.05, 4.69) is 20.3 Å². The summed E-state index contributed by atoms with van der Waals surface area (Å²) in [7, 11) is 0. The Bertz CT molecular complexity index is 1080. The van der Waals surface area contributed by atoms with E-state index in [0.29, 0.717) is 16.9 Å². The van der Waals surface area contributed by atoms with E-state index in [-0.39, 0.29) is 11.8 Å². The lowest BCUT2D eigenvalue weighted by molar-refractivity contribution is 0.471. The summed E-state index contributed by atoms with van der Waals surface area (Å²) in [6, 6.07) is 17.1. The predicted molar refractivity (Wildman–Crippen MR) is 107 cm³/mol. The number of anilines is 1. The lowest BCUT2D eigenvalue weighted by Gasteiger charge is -2.21. The molecule has 0 aliphatic heterocycles. The van der Waals surface area contributed by atoms with Crippen molar-refractivity contribution in [2.75, 3.05) is 5.32 Å². The third-order valence-electron chi connectivity index (χ3n) is 4.50. The smallest absolute Gasteiger partial charge is 0.147 e. The van der Waals surface area contributed by atoms with E-state index >= 15 is 0 Å². The minimum atomic E-state index is -0.354. The van der Waals surface area contributed by atoms with Gasteiger partial charge in [0.05, 0.1) is 11.7 Å². The highest BCUT2D eigenvalue weighted by Gasteiger charge is 2.21. The summed E-state index contributed by atoms with van der Waals surface area (Å²) in [6.45, 7) is 3.91. The van der Waals surface area contributed by atoms with E-state index in [1.165, 1.54) is 0 Å². The molecule has 0 aliphatic carbocycles. The summed E-state index contributed by atoms with van der Waals surface area (Å²) in [5.41, 5.74) is 4.04. The Balaban J connectivity index is 1.84. The van der Waals surface area contributed by atoms with E-state index < -0.39 is 0 Å². The number of phenolic OH excluding ortho intramolecular Hbond substituents is 1. The van der Waals surface area contributed by atoms with Gasteiger partial charge in [0.1, 0.15) is 17.1 Å². The molecule has 0 saturated heterocycles. The fourth-order valence-electron chi connectivity index (χ4n) is 3.08. The number of benzene rings is 1. The second-order valence-electron chi connectivity index (χ2n) is 6.58. The van der Waals surface area contributed by atoms with Crippen molar-refractivity contribution in [2.45, 2.75) is 19.9 Å². The average molecular weight is 356 g/mol. The summed E-state index contributed by atoms with van der Waals surface area (Å²) >= 11 is 0. The number of phenols is 1. The Labute approximate surface area is 157 Å². The van der Waals surface area contributed by atoms with Crippen molar-refractivity contribution in [1.82, 2.24) is 15.0 Å². The number of pyridine rings is 3. The number of aryl methyl sites for hydroxylation is 2.